The molecule has 0 aromatic heterocycles. The van der Waals surface area contributed by atoms with Gasteiger partial charge in [0.15, 0.2) is 0 Å². The average Bonchev–Trinajstić information content (AvgIpc) is 3.39. The van der Waals surface area contributed by atoms with Crippen molar-refractivity contribution in [2.24, 2.45) is 0 Å². The van der Waals surface area contributed by atoms with E-state index < -0.39 is 36.5 Å². The van der Waals surface area contributed by atoms with Crippen molar-refractivity contribution < 1.29 is 33.0 Å². The Hall–Kier alpha value is -3.49. The van der Waals surface area contributed by atoms with Gasteiger partial charge in [-0.15, -0.1) is 0 Å². The Bertz CT molecular complexity index is 1010. The number of carbonyl (C=O) groups is 3. The maximum atomic E-state index is 14.3. The first-order valence-corrected chi connectivity index (χ1v) is 10.3. The van der Waals surface area contributed by atoms with E-state index in [1.54, 1.807) is 0 Å². The van der Waals surface area contributed by atoms with Crippen LogP contribution < -0.4 is 5.32 Å². The van der Waals surface area contributed by atoms with E-state index in [-0.39, 0.29) is 25.5 Å². The van der Waals surface area contributed by atoms with Crippen molar-refractivity contribution in [1.82, 2.24) is 10.2 Å². The molecule has 9 heteroatoms. The van der Waals surface area contributed by atoms with E-state index in [9.17, 15) is 23.2 Å². The summed E-state index contributed by atoms with van der Waals surface area (Å²) in [4.78, 5) is 36.1. The van der Waals surface area contributed by atoms with Gasteiger partial charge >= 0.3 is 18.0 Å². The lowest BCUT2D eigenvalue weighted by atomic mass is 9.98. The van der Waals surface area contributed by atoms with Crippen LogP contribution in [0, 0.1) is 0 Å². The number of halogens is 2. The molecule has 2 N–H and O–H groups in total. The van der Waals surface area contributed by atoms with Gasteiger partial charge in [-0.25, -0.2) is 9.59 Å². The van der Waals surface area contributed by atoms with E-state index in [1.807, 2.05) is 53.8 Å². The summed E-state index contributed by atoms with van der Waals surface area (Å²) < 4.78 is 33.9. The van der Waals surface area contributed by atoms with Gasteiger partial charge in [-0.2, -0.15) is 8.78 Å². The third kappa shape index (κ3) is 4.02. The smallest absolute Gasteiger partial charge is 0.407 e. The van der Waals surface area contributed by atoms with Gasteiger partial charge in [-0.3, -0.25) is 4.79 Å². The fourth-order valence-corrected chi connectivity index (χ4v) is 4.38. The van der Waals surface area contributed by atoms with E-state index in [1.165, 1.54) is 0 Å². The topological polar surface area (TPSA) is 95.9 Å². The summed E-state index contributed by atoms with van der Waals surface area (Å²) in [7, 11) is 0. The molecule has 168 valence electrons. The minimum Gasteiger partial charge on any atom is -0.480 e. The van der Waals surface area contributed by atoms with Crippen molar-refractivity contribution in [1.29, 1.82) is 0 Å². The predicted molar refractivity (Wildman–Crippen MR) is 110 cm³/mol. The fourth-order valence-electron chi connectivity index (χ4n) is 4.38. The van der Waals surface area contributed by atoms with Crippen LogP contribution in [0.15, 0.2) is 48.5 Å². The van der Waals surface area contributed by atoms with Crippen LogP contribution >= 0.6 is 0 Å². The molecule has 32 heavy (non-hydrogen) atoms. The number of rotatable bonds is 6. The number of alkyl carbamates (subject to hydrolysis) is 1. The number of nitrogens with zero attached hydrogens (tertiary/aromatic N) is 1. The molecule has 4 rings (SSSR count). The summed E-state index contributed by atoms with van der Waals surface area (Å²) in [6.07, 6.45) is -0.620. The van der Waals surface area contributed by atoms with Crippen molar-refractivity contribution in [3.8, 4) is 11.1 Å². The standard InChI is InChI=1S/C23H22F2N2O5/c24-23(25,21(30)27-11-5-10-19(27)20(28)29)13-26-22(31)32-12-18-16-8-3-1-6-14(16)15-7-2-4-9-17(15)18/h1-4,6-9,18-19H,5,10-13H2,(H,26,31)(H,28,29). The molecule has 0 radical (unpaired) electrons. The second-order valence-corrected chi connectivity index (χ2v) is 7.88. The highest BCUT2D eigenvalue weighted by Gasteiger charge is 2.47. The quantitative estimate of drug-likeness (QED) is 0.713. The lowest BCUT2D eigenvalue weighted by Gasteiger charge is -2.26. The van der Waals surface area contributed by atoms with Gasteiger partial charge in [-0.1, -0.05) is 48.5 Å². The Kier molecular flexibility index (Phi) is 5.82. The number of benzene rings is 2. The predicted octanol–water partition coefficient (Wildman–Crippen LogP) is 3.24. The molecule has 0 spiro atoms. The van der Waals surface area contributed by atoms with E-state index in [0.717, 1.165) is 22.3 Å². The summed E-state index contributed by atoms with van der Waals surface area (Å²) in [5.41, 5.74) is 4.03. The number of ether oxygens (including phenoxy) is 1. The number of hydrogen-bond donors (Lipinski definition) is 2. The van der Waals surface area contributed by atoms with Crippen molar-refractivity contribution in [2.75, 3.05) is 19.7 Å². The third-order valence-corrected chi connectivity index (χ3v) is 5.91. The second kappa shape index (κ2) is 8.57. The monoisotopic (exact) mass is 444 g/mol. The Morgan fingerprint density at radius 2 is 1.66 bits per heavy atom. The first kappa shape index (κ1) is 21.7. The Balaban J connectivity index is 1.36. The minimum atomic E-state index is -3.94. The number of likely N-dealkylation sites (tertiary alicyclic amines) is 1. The molecule has 1 unspecified atom stereocenters. The fraction of sp³-hybridized carbons (Fsp3) is 0.348. The maximum Gasteiger partial charge on any atom is 0.407 e. The largest absolute Gasteiger partial charge is 0.480 e. The van der Waals surface area contributed by atoms with Gasteiger partial charge in [0.2, 0.25) is 0 Å². The Morgan fingerprint density at radius 3 is 2.25 bits per heavy atom. The van der Waals surface area contributed by atoms with Gasteiger partial charge in [0.1, 0.15) is 12.6 Å². The lowest BCUT2D eigenvalue weighted by molar-refractivity contribution is -0.162. The number of carboxylic acids is 1. The van der Waals surface area contributed by atoms with Crippen LogP contribution in [0.3, 0.4) is 0 Å². The molecule has 1 atom stereocenters. The number of fused-ring (bicyclic) bond motifs is 3. The number of alkyl halides is 2. The molecule has 2 amide bonds. The number of amides is 2. The Labute approximate surface area is 183 Å². The molecule has 1 fully saturated rings. The zero-order chi connectivity index (χ0) is 22.9. The highest BCUT2D eigenvalue weighted by atomic mass is 19.3. The van der Waals surface area contributed by atoms with Gasteiger partial charge in [-0.05, 0) is 35.1 Å². The van der Waals surface area contributed by atoms with Crippen molar-refractivity contribution in [3.05, 3.63) is 59.7 Å². The summed E-state index contributed by atoms with van der Waals surface area (Å²) in [6, 6.07) is 14.1. The van der Waals surface area contributed by atoms with Crippen LogP contribution in [-0.4, -0.2) is 59.6 Å². The van der Waals surface area contributed by atoms with E-state index in [4.69, 9.17) is 9.84 Å². The second-order valence-electron chi connectivity index (χ2n) is 7.88. The zero-order valence-electron chi connectivity index (χ0n) is 17.1. The van der Waals surface area contributed by atoms with Gasteiger partial charge < -0.3 is 20.1 Å². The number of aliphatic carboxylic acids is 1. The first-order valence-electron chi connectivity index (χ1n) is 10.3. The Morgan fingerprint density at radius 1 is 1.06 bits per heavy atom. The number of hydrogen-bond acceptors (Lipinski definition) is 4. The molecule has 2 aromatic carbocycles. The van der Waals surface area contributed by atoms with Crippen LogP contribution in [0.4, 0.5) is 13.6 Å². The van der Waals surface area contributed by atoms with E-state index in [2.05, 4.69) is 0 Å². The van der Waals surface area contributed by atoms with Crippen molar-refractivity contribution in [2.45, 2.75) is 30.7 Å². The van der Waals surface area contributed by atoms with Crippen molar-refractivity contribution >= 4 is 18.0 Å². The van der Waals surface area contributed by atoms with Crippen molar-refractivity contribution in [3.63, 3.8) is 0 Å². The van der Waals surface area contributed by atoms with E-state index in [0.29, 0.717) is 11.3 Å². The molecule has 1 heterocycles. The van der Waals surface area contributed by atoms with Crippen LogP contribution in [-0.2, 0) is 14.3 Å². The highest BCUT2D eigenvalue weighted by molar-refractivity contribution is 5.89. The summed E-state index contributed by atoms with van der Waals surface area (Å²) in [5, 5.41) is 11.0. The highest BCUT2D eigenvalue weighted by Crippen LogP contribution is 2.44. The number of carboxylic acid groups (broad SMARTS) is 1. The zero-order valence-corrected chi connectivity index (χ0v) is 17.1. The number of carbonyl (C=O) groups excluding carboxylic acids is 2. The molecule has 7 nitrogen and oxygen atoms in total. The number of nitrogens with one attached hydrogen (secondary N) is 1. The van der Waals surface area contributed by atoms with Crippen LogP contribution in [0.2, 0.25) is 0 Å². The lowest BCUT2D eigenvalue weighted by Crippen LogP contribution is -2.52. The molecule has 2 aliphatic rings. The maximum absolute atomic E-state index is 14.3. The SMILES string of the molecule is O=C(NCC(F)(F)C(=O)N1CCCC1C(=O)O)OCC1c2ccccc2-c2ccccc21. The van der Waals surface area contributed by atoms with Gasteiger partial charge in [0.25, 0.3) is 5.91 Å². The molecule has 0 saturated carbocycles. The minimum absolute atomic E-state index is 0.0490. The van der Waals surface area contributed by atoms with Crippen LogP contribution in [0.25, 0.3) is 11.1 Å². The molecular formula is C23H22F2N2O5. The van der Waals surface area contributed by atoms with Gasteiger partial charge in [0, 0.05) is 12.5 Å². The van der Waals surface area contributed by atoms with Gasteiger partial charge in [0.05, 0.1) is 6.54 Å². The van der Waals surface area contributed by atoms with Crippen LogP contribution in [0.1, 0.15) is 29.9 Å². The average molecular weight is 444 g/mol. The summed E-state index contributed by atoms with van der Waals surface area (Å²) in [6.45, 7) is -1.38. The molecule has 0 bridgehead atoms. The first-order chi connectivity index (χ1) is 15.3. The molecule has 1 aliphatic heterocycles. The summed E-state index contributed by atoms with van der Waals surface area (Å²) >= 11 is 0. The van der Waals surface area contributed by atoms with Crippen LogP contribution in [0.5, 0.6) is 0 Å². The normalized spacial score (nSPS) is 17.6. The molecule has 2 aromatic rings. The summed E-state index contributed by atoms with van der Waals surface area (Å²) in [5.74, 6) is -7.10. The molecule has 1 aliphatic carbocycles. The molecule has 1 saturated heterocycles. The third-order valence-electron chi connectivity index (χ3n) is 5.91. The van der Waals surface area contributed by atoms with E-state index >= 15 is 0 Å². The molecular weight excluding hydrogens is 422 g/mol.